The van der Waals surface area contributed by atoms with Crippen LogP contribution in [0, 0.1) is 17.0 Å². The van der Waals surface area contributed by atoms with E-state index in [0.29, 0.717) is 14.3 Å². The molecular formula is C14H10BrNO4S. The number of nitrogens with zero attached hydrogens (tertiary/aromatic N) is 1. The fraction of sp³-hybridized carbons (Fsp3) is 0.0714. The van der Waals surface area contributed by atoms with E-state index in [0.717, 1.165) is 5.56 Å². The molecule has 108 valence electrons. The van der Waals surface area contributed by atoms with Gasteiger partial charge in [-0.3, -0.25) is 10.1 Å². The van der Waals surface area contributed by atoms with Gasteiger partial charge in [0.15, 0.2) is 0 Å². The molecule has 0 atom stereocenters. The quantitative estimate of drug-likeness (QED) is 0.634. The Morgan fingerprint density at radius 1 is 1.24 bits per heavy atom. The van der Waals surface area contributed by atoms with Gasteiger partial charge in [-0.15, -0.1) is 0 Å². The van der Waals surface area contributed by atoms with Crippen molar-refractivity contribution in [3.63, 3.8) is 0 Å². The number of non-ortho nitro benzene ring substituents is 1. The second-order valence-electron chi connectivity index (χ2n) is 4.31. The predicted octanol–water partition coefficient (Wildman–Crippen LogP) is 4.52. The lowest BCUT2D eigenvalue weighted by atomic mass is 10.2. The average Bonchev–Trinajstić information content (AvgIpc) is 2.40. The molecule has 0 spiro atoms. The van der Waals surface area contributed by atoms with E-state index in [4.69, 9.17) is 5.11 Å². The Kier molecular flexibility index (Phi) is 4.64. The van der Waals surface area contributed by atoms with Crippen LogP contribution < -0.4 is 0 Å². The molecule has 0 unspecified atom stereocenters. The second-order valence-corrected chi connectivity index (χ2v) is 6.31. The highest BCUT2D eigenvalue weighted by molar-refractivity contribution is 9.10. The number of hydrogen-bond donors (Lipinski definition) is 1. The zero-order chi connectivity index (χ0) is 15.6. The maximum atomic E-state index is 11.1. The molecule has 0 heterocycles. The summed E-state index contributed by atoms with van der Waals surface area (Å²) in [6, 6.07) is 9.73. The maximum Gasteiger partial charge on any atom is 0.336 e. The minimum Gasteiger partial charge on any atom is -0.478 e. The lowest BCUT2D eigenvalue weighted by molar-refractivity contribution is -0.385. The van der Waals surface area contributed by atoms with Gasteiger partial charge in [-0.1, -0.05) is 11.8 Å². The maximum absolute atomic E-state index is 11.1. The molecule has 0 fully saturated rings. The molecule has 2 aromatic carbocycles. The van der Waals surface area contributed by atoms with Gasteiger partial charge in [-0.05, 0) is 52.7 Å². The van der Waals surface area contributed by atoms with Gasteiger partial charge < -0.3 is 5.11 Å². The first-order valence-corrected chi connectivity index (χ1v) is 7.44. The molecule has 1 N–H and O–H groups in total. The minimum absolute atomic E-state index is 0.0214. The molecule has 21 heavy (non-hydrogen) atoms. The number of carboxylic acid groups (broad SMARTS) is 1. The van der Waals surface area contributed by atoms with Crippen molar-refractivity contribution >= 4 is 39.3 Å². The van der Waals surface area contributed by atoms with Gasteiger partial charge >= 0.3 is 5.97 Å². The highest BCUT2D eigenvalue weighted by Gasteiger charge is 2.12. The summed E-state index contributed by atoms with van der Waals surface area (Å²) in [6.45, 7) is 1.78. The molecule has 0 aliphatic rings. The van der Waals surface area contributed by atoms with Crippen molar-refractivity contribution in [1.82, 2.24) is 0 Å². The lowest BCUT2D eigenvalue weighted by Crippen LogP contribution is -1.97. The number of carbonyl (C=O) groups is 1. The summed E-state index contributed by atoms with van der Waals surface area (Å²) in [6.07, 6.45) is 0. The van der Waals surface area contributed by atoms with E-state index in [-0.39, 0.29) is 11.3 Å². The van der Waals surface area contributed by atoms with Crippen molar-refractivity contribution in [3.8, 4) is 0 Å². The van der Waals surface area contributed by atoms with E-state index < -0.39 is 10.9 Å². The van der Waals surface area contributed by atoms with Crippen LogP contribution in [0.2, 0.25) is 0 Å². The Labute approximate surface area is 133 Å². The number of carboxylic acids is 1. The molecule has 0 aliphatic carbocycles. The van der Waals surface area contributed by atoms with Crippen molar-refractivity contribution in [2.24, 2.45) is 0 Å². The summed E-state index contributed by atoms with van der Waals surface area (Å²) in [5, 5.41) is 19.9. The number of halogens is 1. The number of nitro benzene ring substituents is 1. The van der Waals surface area contributed by atoms with E-state index in [1.165, 1.54) is 30.0 Å². The van der Waals surface area contributed by atoms with E-state index in [9.17, 15) is 14.9 Å². The Balaban J connectivity index is 2.36. The molecular weight excluding hydrogens is 358 g/mol. The zero-order valence-corrected chi connectivity index (χ0v) is 13.3. The van der Waals surface area contributed by atoms with Crippen molar-refractivity contribution < 1.29 is 14.8 Å². The van der Waals surface area contributed by atoms with Gasteiger partial charge in [0.25, 0.3) is 5.69 Å². The van der Waals surface area contributed by atoms with E-state index in [1.807, 2.05) is 6.07 Å². The predicted molar refractivity (Wildman–Crippen MR) is 83.1 cm³/mol. The highest BCUT2D eigenvalue weighted by Crippen LogP contribution is 2.33. The number of aromatic carboxylic acids is 1. The number of rotatable bonds is 4. The summed E-state index contributed by atoms with van der Waals surface area (Å²) in [5.41, 5.74) is 0.956. The molecule has 0 aromatic heterocycles. The molecule has 0 aliphatic heterocycles. The third kappa shape index (κ3) is 3.83. The van der Waals surface area contributed by atoms with Crippen LogP contribution in [0.15, 0.2) is 50.7 Å². The Bertz CT molecular complexity index is 733. The summed E-state index contributed by atoms with van der Waals surface area (Å²) in [5.74, 6) is -1.03. The Hall–Kier alpha value is -1.86. The molecule has 0 bridgehead atoms. The van der Waals surface area contributed by atoms with Crippen LogP contribution in [-0.2, 0) is 0 Å². The number of hydrogen-bond acceptors (Lipinski definition) is 4. The third-order valence-corrected chi connectivity index (χ3v) is 4.30. The molecule has 5 nitrogen and oxygen atoms in total. The lowest BCUT2D eigenvalue weighted by Gasteiger charge is -2.06. The van der Waals surface area contributed by atoms with Crippen molar-refractivity contribution in [1.29, 1.82) is 0 Å². The molecule has 0 amide bonds. The van der Waals surface area contributed by atoms with Crippen LogP contribution in [0.3, 0.4) is 0 Å². The second kappa shape index (κ2) is 6.28. The molecule has 0 saturated heterocycles. The van der Waals surface area contributed by atoms with Crippen molar-refractivity contribution in [2.75, 3.05) is 0 Å². The number of aryl methyl sites for hydroxylation is 1. The van der Waals surface area contributed by atoms with Gasteiger partial charge in [-0.2, -0.15) is 0 Å². The Morgan fingerprint density at radius 3 is 2.57 bits per heavy atom. The zero-order valence-electron chi connectivity index (χ0n) is 10.9. The van der Waals surface area contributed by atoms with Gasteiger partial charge in [-0.25, -0.2) is 4.79 Å². The summed E-state index contributed by atoms with van der Waals surface area (Å²) in [4.78, 5) is 22.9. The minimum atomic E-state index is -1.03. The fourth-order valence-electron chi connectivity index (χ4n) is 1.76. The molecule has 2 aromatic rings. The smallest absolute Gasteiger partial charge is 0.336 e. The van der Waals surface area contributed by atoms with Crippen LogP contribution in [0.5, 0.6) is 0 Å². The molecule has 0 saturated carbocycles. The van der Waals surface area contributed by atoms with E-state index in [2.05, 4.69) is 15.9 Å². The van der Waals surface area contributed by atoms with Crippen molar-refractivity contribution in [2.45, 2.75) is 16.7 Å². The van der Waals surface area contributed by atoms with Crippen LogP contribution in [0.25, 0.3) is 0 Å². The molecule has 7 heteroatoms. The summed E-state index contributed by atoms with van der Waals surface area (Å²) >= 11 is 4.46. The van der Waals surface area contributed by atoms with Crippen LogP contribution in [0.4, 0.5) is 5.69 Å². The van der Waals surface area contributed by atoms with Gasteiger partial charge in [0.1, 0.15) is 0 Å². The summed E-state index contributed by atoms with van der Waals surface area (Å²) < 4.78 is 0.495. The van der Waals surface area contributed by atoms with Gasteiger partial charge in [0.05, 0.1) is 10.5 Å². The standard InChI is InChI=1S/C14H10BrNO4S/c1-8-4-9(16(19)20)6-11(5-8)21-10-2-3-13(15)12(7-10)14(17)18/h2-7H,1H3,(H,17,18). The van der Waals surface area contributed by atoms with Crippen LogP contribution in [0.1, 0.15) is 15.9 Å². The van der Waals surface area contributed by atoms with Gasteiger partial charge in [0.2, 0.25) is 0 Å². The first kappa shape index (κ1) is 15.5. The fourth-order valence-corrected chi connectivity index (χ4v) is 3.19. The SMILES string of the molecule is Cc1cc(Sc2ccc(Br)c(C(=O)O)c2)cc([N+](=O)[O-])c1. The monoisotopic (exact) mass is 367 g/mol. The molecule has 0 radical (unpaired) electrons. The van der Waals surface area contributed by atoms with E-state index >= 15 is 0 Å². The third-order valence-electron chi connectivity index (χ3n) is 2.65. The average molecular weight is 368 g/mol. The topological polar surface area (TPSA) is 80.4 Å². The first-order valence-electron chi connectivity index (χ1n) is 5.83. The molecule has 2 rings (SSSR count). The van der Waals surface area contributed by atoms with Crippen LogP contribution >= 0.6 is 27.7 Å². The van der Waals surface area contributed by atoms with Crippen molar-refractivity contribution in [3.05, 3.63) is 62.1 Å². The Morgan fingerprint density at radius 2 is 1.95 bits per heavy atom. The highest BCUT2D eigenvalue weighted by atomic mass is 79.9. The van der Waals surface area contributed by atoms with E-state index in [1.54, 1.807) is 19.1 Å². The largest absolute Gasteiger partial charge is 0.478 e. The van der Waals surface area contributed by atoms with Crippen LogP contribution in [-0.4, -0.2) is 16.0 Å². The normalized spacial score (nSPS) is 10.4. The first-order chi connectivity index (χ1) is 9.86. The summed E-state index contributed by atoms with van der Waals surface area (Å²) in [7, 11) is 0. The van der Waals surface area contributed by atoms with Gasteiger partial charge in [0, 0.05) is 26.4 Å². The number of benzene rings is 2. The number of nitro groups is 1.